The third kappa shape index (κ3) is 4.79. The molecule has 0 spiro atoms. The fourth-order valence-electron chi connectivity index (χ4n) is 0.962. The summed E-state index contributed by atoms with van der Waals surface area (Å²) in [5, 5.41) is 3.74. The number of hydrogen-bond acceptors (Lipinski definition) is 2. The second kappa shape index (κ2) is 5.12. The quantitative estimate of drug-likeness (QED) is 0.770. The molecule has 1 atom stereocenters. The van der Waals surface area contributed by atoms with Gasteiger partial charge in [0.2, 0.25) is 0 Å². The molecule has 0 aliphatic rings. The van der Waals surface area contributed by atoms with Crippen molar-refractivity contribution in [3.05, 3.63) is 18.0 Å². The average molecular weight is 259 g/mol. The summed E-state index contributed by atoms with van der Waals surface area (Å²) in [6.07, 6.45) is 3.23. The first-order chi connectivity index (χ1) is 6.88. The van der Waals surface area contributed by atoms with Crippen molar-refractivity contribution < 1.29 is 13.2 Å². The summed E-state index contributed by atoms with van der Waals surface area (Å²) in [7, 11) is 0. The minimum Gasteiger partial charge on any atom is -0.272 e. The van der Waals surface area contributed by atoms with Crippen molar-refractivity contribution in [2.45, 2.75) is 24.4 Å². The maximum Gasteiger partial charge on any atom is 0.441 e. The number of nitrogens with zero attached hydrogens (tertiary/aromatic N) is 2. The van der Waals surface area contributed by atoms with Gasteiger partial charge in [-0.2, -0.15) is 18.3 Å². The monoisotopic (exact) mass is 258 g/mol. The summed E-state index contributed by atoms with van der Waals surface area (Å²) in [6, 6.07) is 0. The summed E-state index contributed by atoms with van der Waals surface area (Å²) < 4.78 is 36.9. The highest BCUT2D eigenvalue weighted by molar-refractivity contribution is 8.00. The highest BCUT2D eigenvalue weighted by Crippen LogP contribution is 2.30. The lowest BCUT2D eigenvalue weighted by Crippen LogP contribution is -2.07. The largest absolute Gasteiger partial charge is 0.441 e. The first-order valence-corrected chi connectivity index (χ1v) is 5.68. The lowest BCUT2D eigenvalue weighted by Gasteiger charge is -2.05. The fraction of sp³-hybridized carbons (Fsp3) is 0.625. The number of hydrogen-bond donors (Lipinski definition) is 0. The van der Waals surface area contributed by atoms with Crippen LogP contribution >= 0.6 is 23.4 Å². The van der Waals surface area contributed by atoms with E-state index in [2.05, 4.69) is 5.10 Å². The molecule has 2 nitrogen and oxygen atoms in total. The van der Waals surface area contributed by atoms with Crippen molar-refractivity contribution in [1.29, 1.82) is 0 Å². The number of aryl methyl sites for hydroxylation is 1. The van der Waals surface area contributed by atoms with Gasteiger partial charge in [-0.15, -0.1) is 11.6 Å². The first-order valence-electron chi connectivity index (χ1n) is 4.25. The van der Waals surface area contributed by atoms with Gasteiger partial charge in [-0.3, -0.25) is 4.68 Å². The lowest BCUT2D eigenvalue weighted by atomic mass is 10.3. The molecule has 0 aliphatic carbocycles. The summed E-state index contributed by atoms with van der Waals surface area (Å²) in [4.78, 5) is 0. The molecule has 0 saturated heterocycles. The Hall–Kier alpha value is -0.360. The lowest BCUT2D eigenvalue weighted by molar-refractivity contribution is -0.0328. The standard InChI is InChI=1S/C8H10ClF3N2S/c1-6(9)7-4-13-14(5-7)2-3-15-8(10,11)12/h4-6H,2-3H2,1H3. The summed E-state index contributed by atoms with van der Waals surface area (Å²) >= 11 is 5.74. The molecule has 7 heteroatoms. The van der Waals surface area contributed by atoms with Gasteiger partial charge in [-0.25, -0.2) is 0 Å². The van der Waals surface area contributed by atoms with Crippen LogP contribution in [0.2, 0.25) is 0 Å². The van der Waals surface area contributed by atoms with Crippen LogP contribution in [-0.4, -0.2) is 21.0 Å². The molecular formula is C8H10ClF3N2S. The zero-order valence-electron chi connectivity index (χ0n) is 7.96. The van der Waals surface area contributed by atoms with Crippen LogP contribution in [0, 0.1) is 0 Å². The number of rotatable bonds is 4. The third-order valence-electron chi connectivity index (χ3n) is 1.70. The normalized spacial score (nSPS) is 14.2. The van der Waals surface area contributed by atoms with Gasteiger partial charge < -0.3 is 0 Å². The molecule has 0 amide bonds. The molecule has 0 aliphatic heterocycles. The fourth-order valence-corrected chi connectivity index (χ4v) is 1.58. The van der Waals surface area contributed by atoms with Crippen LogP contribution in [0.4, 0.5) is 13.2 Å². The van der Waals surface area contributed by atoms with Crippen LogP contribution in [0.5, 0.6) is 0 Å². The van der Waals surface area contributed by atoms with E-state index in [0.29, 0.717) is 0 Å². The minimum absolute atomic E-state index is 0.0404. The average Bonchev–Trinajstić information content (AvgIpc) is 2.50. The number of alkyl halides is 4. The highest BCUT2D eigenvalue weighted by atomic mass is 35.5. The molecule has 1 heterocycles. The van der Waals surface area contributed by atoms with E-state index in [4.69, 9.17) is 11.6 Å². The molecule has 0 fully saturated rings. The molecule has 86 valence electrons. The van der Waals surface area contributed by atoms with E-state index >= 15 is 0 Å². The van der Waals surface area contributed by atoms with Crippen molar-refractivity contribution in [3.8, 4) is 0 Å². The molecule has 0 saturated carbocycles. The van der Waals surface area contributed by atoms with Crippen LogP contribution in [0.3, 0.4) is 0 Å². The first kappa shape index (κ1) is 12.7. The van der Waals surface area contributed by atoms with Crippen LogP contribution in [0.1, 0.15) is 17.9 Å². The molecule has 0 bridgehead atoms. The summed E-state index contributed by atoms with van der Waals surface area (Å²) in [5.41, 5.74) is -3.36. The van der Waals surface area contributed by atoms with Crippen molar-refractivity contribution >= 4 is 23.4 Å². The smallest absolute Gasteiger partial charge is 0.272 e. The molecule has 1 aromatic rings. The zero-order chi connectivity index (χ0) is 11.5. The Bertz CT molecular complexity index is 311. The molecule has 0 N–H and O–H groups in total. The molecule has 0 aromatic carbocycles. The van der Waals surface area contributed by atoms with E-state index < -0.39 is 5.51 Å². The highest BCUT2D eigenvalue weighted by Gasteiger charge is 2.27. The molecule has 1 unspecified atom stereocenters. The Kier molecular flexibility index (Phi) is 4.33. The van der Waals surface area contributed by atoms with Gasteiger partial charge in [0.05, 0.1) is 18.1 Å². The van der Waals surface area contributed by atoms with Crippen molar-refractivity contribution in [2.75, 3.05) is 5.75 Å². The SMILES string of the molecule is CC(Cl)c1cnn(CCSC(F)(F)F)c1. The van der Waals surface area contributed by atoms with Crippen molar-refractivity contribution in [3.63, 3.8) is 0 Å². The maximum absolute atomic E-state index is 11.8. The van der Waals surface area contributed by atoms with Gasteiger partial charge in [0.25, 0.3) is 0 Å². The van der Waals surface area contributed by atoms with Gasteiger partial charge in [0.1, 0.15) is 0 Å². The van der Waals surface area contributed by atoms with E-state index in [9.17, 15) is 13.2 Å². The Balaban J connectivity index is 2.38. The van der Waals surface area contributed by atoms with Gasteiger partial charge in [0, 0.05) is 17.5 Å². The Morgan fingerprint density at radius 1 is 1.60 bits per heavy atom. The predicted octanol–water partition coefficient (Wildman–Crippen LogP) is 3.44. The van der Waals surface area contributed by atoms with E-state index in [-0.39, 0.29) is 29.4 Å². The molecule has 1 aromatic heterocycles. The number of thioether (sulfide) groups is 1. The van der Waals surface area contributed by atoms with E-state index in [0.717, 1.165) is 5.56 Å². The summed E-state index contributed by atoms with van der Waals surface area (Å²) in [6.45, 7) is 2.02. The summed E-state index contributed by atoms with van der Waals surface area (Å²) in [5.74, 6) is -0.0404. The van der Waals surface area contributed by atoms with Gasteiger partial charge in [-0.05, 0) is 18.7 Å². The van der Waals surface area contributed by atoms with Gasteiger partial charge >= 0.3 is 5.51 Å². The number of aromatic nitrogens is 2. The second-order valence-corrected chi connectivity index (χ2v) is 4.76. The Morgan fingerprint density at radius 3 is 2.73 bits per heavy atom. The van der Waals surface area contributed by atoms with Crippen LogP contribution in [-0.2, 0) is 6.54 Å². The Morgan fingerprint density at radius 2 is 2.27 bits per heavy atom. The maximum atomic E-state index is 11.8. The predicted molar refractivity (Wildman–Crippen MR) is 55.0 cm³/mol. The van der Waals surface area contributed by atoms with Gasteiger partial charge in [-0.1, -0.05) is 0 Å². The van der Waals surface area contributed by atoms with Crippen LogP contribution in [0.25, 0.3) is 0 Å². The third-order valence-corrected chi connectivity index (χ3v) is 2.66. The van der Waals surface area contributed by atoms with Crippen LogP contribution < -0.4 is 0 Å². The van der Waals surface area contributed by atoms with E-state index in [1.165, 1.54) is 4.68 Å². The molecule has 15 heavy (non-hydrogen) atoms. The molecule has 1 rings (SSSR count). The van der Waals surface area contributed by atoms with E-state index in [1.54, 1.807) is 19.3 Å². The topological polar surface area (TPSA) is 17.8 Å². The second-order valence-electron chi connectivity index (χ2n) is 2.95. The van der Waals surface area contributed by atoms with Crippen molar-refractivity contribution in [2.24, 2.45) is 0 Å². The molecular weight excluding hydrogens is 249 g/mol. The molecule has 0 radical (unpaired) electrons. The van der Waals surface area contributed by atoms with Crippen LogP contribution in [0.15, 0.2) is 12.4 Å². The zero-order valence-corrected chi connectivity index (χ0v) is 9.53. The van der Waals surface area contributed by atoms with Crippen molar-refractivity contribution in [1.82, 2.24) is 9.78 Å². The van der Waals surface area contributed by atoms with Gasteiger partial charge in [0.15, 0.2) is 0 Å². The Labute approximate surface area is 94.8 Å². The minimum atomic E-state index is -4.17. The van der Waals surface area contributed by atoms with E-state index in [1.807, 2.05) is 0 Å². The number of halogens is 4.